The summed E-state index contributed by atoms with van der Waals surface area (Å²) in [5.41, 5.74) is 1.11. The van der Waals surface area contributed by atoms with Crippen molar-refractivity contribution in [3.63, 3.8) is 0 Å². The zero-order chi connectivity index (χ0) is 11.4. The summed E-state index contributed by atoms with van der Waals surface area (Å²) in [6.45, 7) is 0. The minimum Gasteiger partial charge on any atom is -0.259 e. The molecular weight excluding hydrogens is 202 g/mol. The second-order valence-corrected chi connectivity index (χ2v) is 3.51. The van der Waals surface area contributed by atoms with Gasteiger partial charge in [-0.2, -0.15) is 0 Å². The van der Waals surface area contributed by atoms with Gasteiger partial charge in [0.05, 0.1) is 4.92 Å². The molecule has 0 amide bonds. The maximum absolute atomic E-state index is 10.2. The lowest BCUT2D eigenvalue weighted by molar-refractivity contribution is -0.402. The molecule has 2 rings (SSSR count). The van der Waals surface area contributed by atoms with Gasteiger partial charge in [0.1, 0.15) is 0 Å². The van der Waals surface area contributed by atoms with E-state index in [1.54, 1.807) is 6.08 Å². The van der Waals surface area contributed by atoms with E-state index < -0.39 is 4.92 Å². The van der Waals surface area contributed by atoms with Crippen LogP contribution in [0.2, 0.25) is 0 Å². The quantitative estimate of drug-likeness (QED) is 0.580. The Kier molecular flexibility index (Phi) is 2.96. The van der Waals surface area contributed by atoms with Crippen molar-refractivity contribution in [1.82, 2.24) is 0 Å². The zero-order valence-electron chi connectivity index (χ0n) is 8.67. The lowest BCUT2D eigenvalue weighted by Crippen LogP contribution is -1.87. The van der Waals surface area contributed by atoms with Gasteiger partial charge in [0.15, 0.2) is 0 Å². The first-order valence-corrected chi connectivity index (χ1v) is 5.04. The van der Waals surface area contributed by atoms with Gasteiger partial charge in [-0.3, -0.25) is 10.1 Å². The van der Waals surface area contributed by atoms with E-state index in [1.807, 2.05) is 42.5 Å². The molecule has 0 radical (unpaired) electrons. The summed E-state index contributed by atoms with van der Waals surface area (Å²) in [6.07, 6.45) is 3.14. The summed E-state index contributed by atoms with van der Waals surface area (Å²) in [7, 11) is 0. The predicted molar refractivity (Wildman–Crippen MR) is 63.8 cm³/mol. The fourth-order valence-corrected chi connectivity index (χ4v) is 1.74. The molecule has 16 heavy (non-hydrogen) atoms. The summed E-state index contributed by atoms with van der Waals surface area (Å²) in [6, 6.07) is 14.0. The van der Waals surface area contributed by atoms with Crippen molar-refractivity contribution in [3.8, 4) is 0 Å². The number of hydrogen-bond donors (Lipinski definition) is 0. The number of fused-ring (bicyclic) bond motifs is 1. The van der Waals surface area contributed by atoms with E-state index in [4.69, 9.17) is 0 Å². The van der Waals surface area contributed by atoms with Gasteiger partial charge in [-0.15, -0.1) is 0 Å². The van der Waals surface area contributed by atoms with Crippen molar-refractivity contribution in [2.24, 2.45) is 0 Å². The number of rotatable bonds is 3. The first-order chi connectivity index (χ1) is 7.77. The molecule has 0 bridgehead atoms. The summed E-state index contributed by atoms with van der Waals surface area (Å²) in [4.78, 5) is 9.73. The van der Waals surface area contributed by atoms with Crippen molar-refractivity contribution in [1.29, 1.82) is 0 Å². The van der Waals surface area contributed by atoms with Gasteiger partial charge in [-0.1, -0.05) is 42.5 Å². The van der Waals surface area contributed by atoms with Gasteiger partial charge in [-0.25, -0.2) is 0 Å². The number of benzene rings is 2. The van der Waals surface area contributed by atoms with Gasteiger partial charge >= 0.3 is 0 Å². The third-order valence-corrected chi connectivity index (χ3v) is 2.44. The highest BCUT2D eigenvalue weighted by Crippen LogP contribution is 2.18. The minimum absolute atomic E-state index is 0.439. The van der Waals surface area contributed by atoms with Crippen LogP contribution in [0, 0.1) is 10.1 Å². The Bertz CT molecular complexity index is 541. The van der Waals surface area contributed by atoms with E-state index in [0.29, 0.717) is 6.42 Å². The fourth-order valence-electron chi connectivity index (χ4n) is 1.74. The zero-order valence-corrected chi connectivity index (χ0v) is 8.67. The van der Waals surface area contributed by atoms with Crippen LogP contribution in [0.4, 0.5) is 0 Å². The van der Waals surface area contributed by atoms with E-state index in [-0.39, 0.29) is 0 Å². The summed E-state index contributed by atoms with van der Waals surface area (Å²) in [5.74, 6) is 0. The van der Waals surface area contributed by atoms with Crippen LogP contribution in [0.3, 0.4) is 0 Å². The standard InChI is InChI=1S/C13H11NO2/c15-14(16)10-4-8-12-7-3-6-11-5-1-2-9-13(11)12/h1-7,9-10H,8H2. The number of allylic oxidation sites excluding steroid dienone is 1. The molecule has 3 nitrogen and oxygen atoms in total. The summed E-state index contributed by atoms with van der Waals surface area (Å²) >= 11 is 0. The van der Waals surface area contributed by atoms with Crippen LogP contribution in [-0.2, 0) is 6.42 Å². The van der Waals surface area contributed by atoms with E-state index >= 15 is 0 Å². The Balaban J connectivity index is 2.34. The van der Waals surface area contributed by atoms with Crippen molar-refractivity contribution >= 4 is 10.8 Å². The Morgan fingerprint density at radius 1 is 1.12 bits per heavy atom. The molecule has 0 N–H and O–H groups in total. The lowest BCUT2D eigenvalue weighted by Gasteiger charge is -2.02. The van der Waals surface area contributed by atoms with Crippen LogP contribution in [0.25, 0.3) is 10.8 Å². The van der Waals surface area contributed by atoms with Crippen LogP contribution in [-0.4, -0.2) is 4.92 Å². The maximum atomic E-state index is 10.2. The highest BCUT2D eigenvalue weighted by Gasteiger charge is 1.98. The molecule has 0 aliphatic rings. The molecule has 3 heteroatoms. The number of nitro groups is 1. The molecule has 0 aliphatic heterocycles. The molecule has 0 atom stereocenters. The third kappa shape index (κ3) is 2.25. The van der Waals surface area contributed by atoms with E-state index in [9.17, 15) is 10.1 Å². The maximum Gasteiger partial charge on any atom is 0.230 e. The first kappa shape index (κ1) is 10.4. The van der Waals surface area contributed by atoms with Crippen molar-refractivity contribution in [2.45, 2.75) is 6.42 Å². The summed E-state index contributed by atoms with van der Waals surface area (Å²) < 4.78 is 0. The van der Waals surface area contributed by atoms with Gasteiger partial charge in [0.2, 0.25) is 6.20 Å². The van der Waals surface area contributed by atoms with Crippen molar-refractivity contribution in [2.75, 3.05) is 0 Å². The highest BCUT2D eigenvalue weighted by atomic mass is 16.6. The molecule has 0 aromatic heterocycles. The molecule has 0 spiro atoms. The number of hydrogen-bond acceptors (Lipinski definition) is 2. The highest BCUT2D eigenvalue weighted by molar-refractivity contribution is 5.85. The first-order valence-electron chi connectivity index (χ1n) is 5.04. The van der Waals surface area contributed by atoms with Crippen molar-refractivity contribution in [3.05, 3.63) is 70.4 Å². The molecule has 0 heterocycles. The molecule has 0 fully saturated rings. The van der Waals surface area contributed by atoms with Gasteiger partial charge in [0.25, 0.3) is 0 Å². The molecular formula is C13H11NO2. The third-order valence-electron chi connectivity index (χ3n) is 2.44. The molecule has 0 saturated heterocycles. The largest absolute Gasteiger partial charge is 0.259 e. The van der Waals surface area contributed by atoms with Crippen LogP contribution < -0.4 is 0 Å². The second kappa shape index (κ2) is 4.57. The Morgan fingerprint density at radius 2 is 1.88 bits per heavy atom. The predicted octanol–water partition coefficient (Wildman–Crippen LogP) is 3.17. The monoisotopic (exact) mass is 213 g/mol. The molecule has 0 unspecified atom stereocenters. The second-order valence-electron chi connectivity index (χ2n) is 3.51. The Hall–Kier alpha value is -2.16. The molecule has 0 aliphatic carbocycles. The average Bonchev–Trinajstić information content (AvgIpc) is 2.29. The van der Waals surface area contributed by atoms with Crippen LogP contribution >= 0.6 is 0 Å². The van der Waals surface area contributed by atoms with Crippen LogP contribution in [0.15, 0.2) is 54.7 Å². The Labute approximate surface area is 93.2 Å². The lowest BCUT2D eigenvalue weighted by atomic mass is 10.0. The molecule has 80 valence electrons. The molecule has 2 aromatic rings. The molecule has 0 saturated carbocycles. The minimum atomic E-state index is -0.439. The Morgan fingerprint density at radius 3 is 2.69 bits per heavy atom. The topological polar surface area (TPSA) is 43.1 Å². The molecule has 2 aromatic carbocycles. The fraction of sp³-hybridized carbons (Fsp3) is 0.0769. The summed E-state index contributed by atoms with van der Waals surface area (Å²) in [5, 5.41) is 12.5. The van der Waals surface area contributed by atoms with Gasteiger partial charge in [0, 0.05) is 0 Å². The van der Waals surface area contributed by atoms with Crippen molar-refractivity contribution < 1.29 is 4.92 Å². The number of nitrogens with zero attached hydrogens (tertiary/aromatic N) is 1. The van der Waals surface area contributed by atoms with E-state index in [2.05, 4.69) is 0 Å². The van der Waals surface area contributed by atoms with Gasteiger partial charge < -0.3 is 0 Å². The smallest absolute Gasteiger partial charge is 0.230 e. The van der Waals surface area contributed by atoms with Gasteiger partial charge in [-0.05, 0) is 28.8 Å². The van der Waals surface area contributed by atoms with E-state index in [0.717, 1.165) is 22.5 Å². The van der Waals surface area contributed by atoms with E-state index in [1.165, 1.54) is 0 Å². The van der Waals surface area contributed by atoms with Crippen LogP contribution in [0.1, 0.15) is 5.56 Å². The average molecular weight is 213 g/mol. The normalized spacial score (nSPS) is 11.0. The SMILES string of the molecule is O=[N+]([O-])C=CCc1cccc2ccccc12. The van der Waals surface area contributed by atoms with Crippen LogP contribution in [0.5, 0.6) is 0 Å².